The first-order valence-corrected chi connectivity index (χ1v) is 11.0. The van der Waals surface area contributed by atoms with E-state index in [1.54, 1.807) is 12.4 Å². The second-order valence-electron chi connectivity index (χ2n) is 7.38. The first-order valence-electron chi connectivity index (χ1n) is 9.97. The van der Waals surface area contributed by atoms with E-state index >= 15 is 0 Å². The van der Waals surface area contributed by atoms with E-state index in [0.717, 1.165) is 48.2 Å². The second kappa shape index (κ2) is 8.78. The third-order valence-electron chi connectivity index (χ3n) is 5.34. The first kappa shape index (κ1) is 19.6. The van der Waals surface area contributed by atoms with Gasteiger partial charge in [0.2, 0.25) is 5.91 Å². The Morgan fingerprint density at radius 3 is 2.62 bits per heavy atom. The van der Waals surface area contributed by atoms with Gasteiger partial charge in [-0.3, -0.25) is 14.3 Å². The van der Waals surface area contributed by atoms with Gasteiger partial charge >= 0.3 is 0 Å². The van der Waals surface area contributed by atoms with Crippen molar-refractivity contribution < 1.29 is 4.79 Å². The van der Waals surface area contributed by atoms with Crippen molar-refractivity contribution >= 4 is 17.7 Å². The van der Waals surface area contributed by atoms with Crippen molar-refractivity contribution in [2.45, 2.75) is 38.3 Å². The van der Waals surface area contributed by atoms with Crippen LogP contribution in [0.4, 0.5) is 0 Å². The zero-order chi connectivity index (χ0) is 20.2. The Hall–Kier alpha value is -2.67. The van der Waals surface area contributed by atoms with Crippen molar-refractivity contribution in [2.75, 3.05) is 18.8 Å². The SMILES string of the molecule is Cc1ccc(-n2c(SCC(=O)N3CCCCC3)nnc2-c2cccnc2)cc1C. The standard InChI is InChI=1S/C22H25N5OS/c1-16-8-9-19(13-17(16)2)27-21(18-7-6-10-23-14-18)24-25-22(27)29-15-20(28)26-11-4-3-5-12-26/h6-10,13-14H,3-5,11-12,15H2,1-2H3. The molecule has 4 rings (SSSR count). The van der Waals surface area contributed by atoms with E-state index in [1.165, 1.54) is 29.3 Å². The minimum atomic E-state index is 0.173. The summed E-state index contributed by atoms with van der Waals surface area (Å²) in [5.74, 6) is 1.28. The van der Waals surface area contributed by atoms with Gasteiger partial charge in [0.15, 0.2) is 11.0 Å². The molecule has 2 aromatic heterocycles. The summed E-state index contributed by atoms with van der Waals surface area (Å²) in [6, 6.07) is 10.2. The van der Waals surface area contributed by atoms with E-state index in [-0.39, 0.29) is 5.91 Å². The smallest absolute Gasteiger partial charge is 0.233 e. The molecule has 0 bridgehead atoms. The molecule has 1 aliphatic rings. The van der Waals surface area contributed by atoms with E-state index in [0.29, 0.717) is 5.75 Å². The Bertz CT molecular complexity index is 996. The molecular weight excluding hydrogens is 382 g/mol. The summed E-state index contributed by atoms with van der Waals surface area (Å²) in [7, 11) is 0. The van der Waals surface area contributed by atoms with Gasteiger partial charge in [-0.2, -0.15) is 0 Å². The molecule has 0 N–H and O–H groups in total. The third-order valence-corrected chi connectivity index (χ3v) is 6.25. The number of aromatic nitrogens is 4. The van der Waals surface area contributed by atoms with Gasteiger partial charge in [-0.05, 0) is 68.5 Å². The Morgan fingerprint density at radius 2 is 1.90 bits per heavy atom. The summed E-state index contributed by atoms with van der Waals surface area (Å²) in [4.78, 5) is 18.8. The Kier molecular flexibility index (Phi) is 5.94. The van der Waals surface area contributed by atoms with Crippen molar-refractivity contribution in [1.82, 2.24) is 24.6 Å². The van der Waals surface area contributed by atoms with Gasteiger partial charge in [0.05, 0.1) is 11.4 Å². The van der Waals surface area contributed by atoms with Crippen LogP contribution in [0.25, 0.3) is 17.1 Å². The molecule has 1 aliphatic heterocycles. The maximum Gasteiger partial charge on any atom is 0.233 e. The lowest BCUT2D eigenvalue weighted by molar-refractivity contribution is -0.129. The van der Waals surface area contributed by atoms with E-state index in [4.69, 9.17) is 0 Å². The van der Waals surface area contributed by atoms with Crippen LogP contribution in [0, 0.1) is 13.8 Å². The Labute approximate surface area is 175 Å². The average Bonchev–Trinajstić information content (AvgIpc) is 3.19. The van der Waals surface area contributed by atoms with Gasteiger partial charge in [-0.25, -0.2) is 0 Å². The van der Waals surface area contributed by atoms with Crippen LogP contribution in [-0.4, -0.2) is 49.4 Å². The number of thioether (sulfide) groups is 1. The van der Waals surface area contributed by atoms with Crippen LogP contribution < -0.4 is 0 Å². The summed E-state index contributed by atoms with van der Waals surface area (Å²) >= 11 is 1.45. The number of pyridine rings is 1. The van der Waals surface area contributed by atoms with Crippen LogP contribution >= 0.6 is 11.8 Å². The van der Waals surface area contributed by atoms with Crippen LogP contribution in [0.2, 0.25) is 0 Å². The largest absolute Gasteiger partial charge is 0.342 e. The summed E-state index contributed by atoms with van der Waals surface area (Å²) in [6.07, 6.45) is 6.94. The van der Waals surface area contributed by atoms with Crippen LogP contribution in [0.15, 0.2) is 47.9 Å². The van der Waals surface area contributed by atoms with Crippen molar-refractivity contribution in [3.8, 4) is 17.1 Å². The fraction of sp³-hybridized carbons (Fsp3) is 0.364. The fourth-order valence-corrected chi connectivity index (χ4v) is 4.36. The van der Waals surface area contributed by atoms with E-state index in [9.17, 15) is 4.79 Å². The zero-order valence-corrected chi connectivity index (χ0v) is 17.7. The third kappa shape index (κ3) is 4.34. The topological polar surface area (TPSA) is 63.9 Å². The van der Waals surface area contributed by atoms with Crippen LogP contribution in [0.1, 0.15) is 30.4 Å². The molecule has 3 aromatic rings. The second-order valence-corrected chi connectivity index (χ2v) is 8.32. The molecule has 3 heterocycles. The number of carbonyl (C=O) groups is 1. The maximum atomic E-state index is 12.6. The lowest BCUT2D eigenvalue weighted by atomic mass is 10.1. The molecule has 0 atom stereocenters. The number of benzene rings is 1. The normalized spacial score (nSPS) is 14.2. The molecule has 0 aliphatic carbocycles. The molecule has 1 saturated heterocycles. The number of carbonyl (C=O) groups excluding carboxylic acids is 1. The highest BCUT2D eigenvalue weighted by Gasteiger charge is 2.20. The lowest BCUT2D eigenvalue weighted by Crippen LogP contribution is -2.36. The number of hydrogen-bond donors (Lipinski definition) is 0. The highest BCUT2D eigenvalue weighted by molar-refractivity contribution is 7.99. The zero-order valence-electron chi connectivity index (χ0n) is 16.8. The van der Waals surface area contributed by atoms with Gasteiger partial charge in [-0.15, -0.1) is 10.2 Å². The van der Waals surface area contributed by atoms with Crippen LogP contribution in [-0.2, 0) is 4.79 Å². The number of rotatable bonds is 5. The summed E-state index contributed by atoms with van der Waals surface area (Å²) in [6.45, 7) is 5.92. The first-order chi connectivity index (χ1) is 14.1. The van der Waals surface area contributed by atoms with Gasteiger partial charge in [0, 0.05) is 31.0 Å². The quantitative estimate of drug-likeness (QED) is 0.597. The lowest BCUT2D eigenvalue weighted by Gasteiger charge is -2.26. The molecule has 6 nitrogen and oxygen atoms in total. The summed E-state index contributed by atoms with van der Waals surface area (Å²) in [5.41, 5.74) is 4.32. The van der Waals surface area contributed by atoms with E-state index in [2.05, 4.69) is 47.2 Å². The molecule has 7 heteroatoms. The van der Waals surface area contributed by atoms with Crippen molar-refractivity contribution in [1.29, 1.82) is 0 Å². The molecule has 150 valence electrons. The predicted octanol–water partition coefficient (Wildman–Crippen LogP) is 4.05. The van der Waals surface area contributed by atoms with Crippen molar-refractivity contribution in [3.63, 3.8) is 0 Å². The average molecular weight is 408 g/mol. The minimum absolute atomic E-state index is 0.173. The van der Waals surface area contributed by atoms with Crippen LogP contribution in [0.5, 0.6) is 0 Å². The predicted molar refractivity (Wildman–Crippen MR) is 115 cm³/mol. The highest BCUT2D eigenvalue weighted by atomic mass is 32.2. The number of piperidine rings is 1. The summed E-state index contributed by atoms with van der Waals surface area (Å²) < 4.78 is 2.03. The van der Waals surface area contributed by atoms with E-state index < -0.39 is 0 Å². The van der Waals surface area contributed by atoms with E-state index in [1.807, 2.05) is 21.6 Å². The molecular formula is C22H25N5OS. The molecule has 0 unspecified atom stereocenters. The molecule has 0 spiro atoms. The molecule has 1 fully saturated rings. The molecule has 29 heavy (non-hydrogen) atoms. The highest BCUT2D eigenvalue weighted by Crippen LogP contribution is 2.29. The monoisotopic (exact) mass is 407 g/mol. The minimum Gasteiger partial charge on any atom is -0.342 e. The van der Waals surface area contributed by atoms with Gasteiger partial charge in [-0.1, -0.05) is 17.8 Å². The van der Waals surface area contributed by atoms with Crippen molar-refractivity contribution in [2.24, 2.45) is 0 Å². The van der Waals surface area contributed by atoms with Gasteiger partial charge < -0.3 is 4.90 Å². The van der Waals surface area contributed by atoms with Crippen molar-refractivity contribution in [3.05, 3.63) is 53.9 Å². The molecule has 1 aromatic carbocycles. The summed E-state index contributed by atoms with van der Waals surface area (Å²) in [5, 5.41) is 9.57. The Morgan fingerprint density at radius 1 is 1.07 bits per heavy atom. The maximum absolute atomic E-state index is 12.6. The Balaban J connectivity index is 1.65. The molecule has 0 saturated carbocycles. The van der Waals surface area contributed by atoms with Gasteiger partial charge in [0.25, 0.3) is 0 Å². The number of likely N-dealkylation sites (tertiary alicyclic amines) is 1. The number of hydrogen-bond acceptors (Lipinski definition) is 5. The molecule has 1 amide bonds. The fourth-order valence-electron chi connectivity index (χ4n) is 3.50. The number of amides is 1. The molecule has 0 radical (unpaired) electrons. The number of nitrogens with zero attached hydrogens (tertiary/aromatic N) is 5. The van der Waals surface area contributed by atoms with Crippen LogP contribution in [0.3, 0.4) is 0 Å². The number of aryl methyl sites for hydroxylation is 2. The van der Waals surface area contributed by atoms with Gasteiger partial charge in [0.1, 0.15) is 0 Å².